The highest BCUT2D eigenvalue weighted by Gasteiger charge is 2.18. The van der Waals surface area contributed by atoms with Crippen molar-refractivity contribution in [2.24, 2.45) is 0 Å². The van der Waals surface area contributed by atoms with Crippen LogP contribution in [0, 0.1) is 6.92 Å². The van der Waals surface area contributed by atoms with Crippen molar-refractivity contribution in [3.63, 3.8) is 0 Å². The number of benzene rings is 1. The van der Waals surface area contributed by atoms with Gasteiger partial charge in [-0.2, -0.15) is 0 Å². The minimum absolute atomic E-state index is 0.564. The lowest BCUT2D eigenvalue weighted by Gasteiger charge is -2.23. The van der Waals surface area contributed by atoms with Gasteiger partial charge in [0.15, 0.2) is 5.13 Å². The van der Waals surface area contributed by atoms with Crippen molar-refractivity contribution < 1.29 is 0 Å². The van der Waals surface area contributed by atoms with Crippen LogP contribution in [-0.4, -0.2) is 34.1 Å². The summed E-state index contributed by atoms with van der Waals surface area (Å²) in [5, 5.41) is 11.4. The van der Waals surface area contributed by atoms with Gasteiger partial charge in [-0.3, -0.25) is 0 Å². The van der Waals surface area contributed by atoms with Gasteiger partial charge in [-0.1, -0.05) is 36.3 Å². The third kappa shape index (κ3) is 4.88. The maximum Gasteiger partial charge on any atom is 0.227 e. The first-order valence-electron chi connectivity index (χ1n) is 11.4. The largest absolute Gasteiger partial charge is 0.359 e. The molecule has 1 aliphatic heterocycles. The van der Waals surface area contributed by atoms with Crippen molar-refractivity contribution in [3.05, 3.63) is 47.8 Å². The Morgan fingerprint density at radius 2 is 1.74 bits per heavy atom. The highest BCUT2D eigenvalue weighted by Crippen LogP contribution is 2.34. The first-order chi connectivity index (χ1) is 15.2. The van der Waals surface area contributed by atoms with Gasteiger partial charge in [0.05, 0.1) is 16.3 Å². The van der Waals surface area contributed by atoms with Gasteiger partial charge in [-0.15, -0.1) is 0 Å². The van der Waals surface area contributed by atoms with Gasteiger partial charge in [-0.05, 0) is 75.4 Å². The maximum absolute atomic E-state index is 4.77. The molecule has 1 aromatic carbocycles. The monoisotopic (exact) mass is 434 g/mol. The molecule has 1 aliphatic carbocycles. The number of anilines is 3. The summed E-state index contributed by atoms with van der Waals surface area (Å²) < 4.78 is 0. The van der Waals surface area contributed by atoms with E-state index in [4.69, 9.17) is 9.97 Å². The molecular formula is C24H30N6S. The third-order valence-corrected chi connectivity index (χ3v) is 7.46. The Morgan fingerprint density at radius 3 is 2.52 bits per heavy atom. The summed E-state index contributed by atoms with van der Waals surface area (Å²) in [4.78, 5) is 15.0. The number of nitrogens with one attached hydrogen (secondary N) is 3. The van der Waals surface area contributed by atoms with E-state index in [2.05, 4.69) is 52.1 Å². The van der Waals surface area contributed by atoms with E-state index in [1.54, 1.807) is 11.3 Å². The number of aromatic nitrogens is 3. The number of piperidine rings is 1. The molecule has 1 saturated carbocycles. The first-order valence-corrected chi connectivity index (χ1v) is 12.2. The second kappa shape index (κ2) is 9.32. The zero-order valence-corrected chi connectivity index (χ0v) is 18.8. The van der Waals surface area contributed by atoms with Gasteiger partial charge >= 0.3 is 0 Å². The lowest BCUT2D eigenvalue weighted by molar-refractivity contribution is 0.460. The lowest BCUT2D eigenvalue weighted by atomic mass is 9.90. The smallest absolute Gasteiger partial charge is 0.227 e. The van der Waals surface area contributed by atoms with Gasteiger partial charge in [-0.25, -0.2) is 15.0 Å². The van der Waals surface area contributed by atoms with Crippen LogP contribution in [0.4, 0.5) is 16.8 Å². The fraction of sp³-hybridized carbons (Fsp3) is 0.458. The molecule has 5 rings (SSSR count). The SMILES string of the molecule is Cc1nc(NC2CCCC2)sc1-c1ccnc(Nc2ccc(C3CCNCC3)cc2)n1. The molecule has 0 atom stereocenters. The van der Waals surface area contributed by atoms with E-state index in [1.165, 1.54) is 44.1 Å². The Balaban J connectivity index is 1.28. The van der Waals surface area contributed by atoms with E-state index in [9.17, 15) is 0 Å². The van der Waals surface area contributed by atoms with Crippen LogP contribution in [-0.2, 0) is 0 Å². The van der Waals surface area contributed by atoms with Crippen molar-refractivity contribution in [2.45, 2.75) is 57.4 Å². The number of thiazole rings is 1. The molecule has 3 aromatic rings. The predicted molar refractivity (Wildman–Crippen MR) is 128 cm³/mol. The third-order valence-electron chi connectivity index (χ3n) is 6.34. The minimum Gasteiger partial charge on any atom is -0.359 e. The summed E-state index contributed by atoms with van der Waals surface area (Å²) in [5.74, 6) is 1.28. The fourth-order valence-electron chi connectivity index (χ4n) is 4.61. The Hall–Kier alpha value is -2.51. The van der Waals surface area contributed by atoms with E-state index >= 15 is 0 Å². The van der Waals surface area contributed by atoms with Crippen molar-refractivity contribution in [1.82, 2.24) is 20.3 Å². The normalized spacial score (nSPS) is 17.7. The molecule has 31 heavy (non-hydrogen) atoms. The van der Waals surface area contributed by atoms with Crippen LogP contribution in [0.1, 0.15) is 55.7 Å². The Morgan fingerprint density at radius 1 is 0.968 bits per heavy atom. The molecule has 0 unspecified atom stereocenters. The molecule has 2 aromatic heterocycles. The molecule has 2 fully saturated rings. The van der Waals surface area contributed by atoms with Gasteiger partial charge in [0, 0.05) is 17.9 Å². The number of hydrogen-bond acceptors (Lipinski definition) is 7. The number of nitrogens with zero attached hydrogens (tertiary/aromatic N) is 3. The van der Waals surface area contributed by atoms with Crippen molar-refractivity contribution in [2.75, 3.05) is 23.7 Å². The Kier molecular flexibility index (Phi) is 6.13. The van der Waals surface area contributed by atoms with Crippen LogP contribution >= 0.6 is 11.3 Å². The van der Waals surface area contributed by atoms with Crippen molar-refractivity contribution >= 4 is 28.1 Å². The van der Waals surface area contributed by atoms with Gasteiger partial charge < -0.3 is 16.0 Å². The zero-order chi connectivity index (χ0) is 21.0. The number of hydrogen-bond donors (Lipinski definition) is 3. The highest BCUT2D eigenvalue weighted by atomic mass is 32.1. The van der Waals surface area contributed by atoms with Gasteiger partial charge in [0.25, 0.3) is 0 Å². The summed E-state index contributed by atoms with van der Waals surface area (Å²) in [6.45, 7) is 4.28. The standard InChI is InChI=1S/C24H30N6S/c1-16-22(31-24(27-16)29-19-4-2-3-5-19)21-12-15-26-23(30-21)28-20-8-6-17(7-9-20)18-10-13-25-14-11-18/h6-9,12,15,18-19,25H,2-5,10-11,13-14H2,1H3,(H,27,29)(H,26,28,30). The predicted octanol–water partition coefficient (Wildman–Crippen LogP) is 5.47. The quantitative estimate of drug-likeness (QED) is 0.477. The molecule has 3 heterocycles. The van der Waals surface area contributed by atoms with E-state index in [0.29, 0.717) is 17.9 Å². The van der Waals surface area contributed by atoms with E-state index in [-0.39, 0.29) is 0 Å². The minimum atomic E-state index is 0.564. The van der Waals surface area contributed by atoms with Crippen molar-refractivity contribution in [3.8, 4) is 10.6 Å². The molecular weight excluding hydrogens is 404 g/mol. The molecule has 1 saturated heterocycles. The van der Waals surface area contributed by atoms with Gasteiger partial charge in [0.2, 0.25) is 5.95 Å². The van der Waals surface area contributed by atoms with Crippen LogP contribution < -0.4 is 16.0 Å². The maximum atomic E-state index is 4.77. The van der Waals surface area contributed by atoms with Crippen LogP contribution in [0.25, 0.3) is 10.6 Å². The Bertz CT molecular complexity index is 1000. The van der Waals surface area contributed by atoms with Crippen LogP contribution in [0.15, 0.2) is 36.5 Å². The van der Waals surface area contributed by atoms with Crippen LogP contribution in [0.3, 0.4) is 0 Å². The first kappa shape index (κ1) is 20.4. The van der Waals surface area contributed by atoms with Gasteiger partial charge in [0.1, 0.15) is 0 Å². The molecule has 0 radical (unpaired) electrons. The molecule has 6 nitrogen and oxygen atoms in total. The van der Waals surface area contributed by atoms with Crippen molar-refractivity contribution in [1.29, 1.82) is 0 Å². The van der Waals surface area contributed by atoms with Crippen LogP contribution in [0.2, 0.25) is 0 Å². The summed E-state index contributed by atoms with van der Waals surface area (Å²) in [6.07, 6.45) is 9.35. The highest BCUT2D eigenvalue weighted by molar-refractivity contribution is 7.19. The van der Waals surface area contributed by atoms with E-state index in [0.717, 1.165) is 40.2 Å². The summed E-state index contributed by atoms with van der Waals surface area (Å²) >= 11 is 1.69. The molecule has 2 aliphatic rings. The molecule has 7 heteroatoms. The average molecular weight is 435 g/mol. The summed E-state index contributed by atoms with van der Waals surface area (Å²) in [5.41, 5.74) is 4.36. The molecule has 162 valence electrons. The zero-order valence-electron chi connectivity index (χ0n) is 18.0. The average Bonchev–Trinajstić information content (AvgIpc) is 3.45. The Labute approximate surface area is 187 Å². The molecule has 0 amide bonds. The topological polar surface area (TPSA) is 74.8 Å². The number of rotatable bonds is 6. The summed E-state index contributed by atoms with van der Waals surface area (Å²) in [7, 11) is 0. The number of aryl methyl sites for hydroxylation is 1. The fourth-order valence-corrected chi connectivity index (χ4v) is 5.62. The summed E-state index contributed by atoms with van der Waals surface area (Å²) in [6, 6.07) is 11.3. The van der Waals surface area contributed by atoms with E-state index < -0.39 is 0 Å². The second-order valence-corrected chi connectivity index (χ2v) is 9.60. The molecule has 3 N–H and O–H groups in total. The van der Waals surface area contributed by atoms with E-state index in [1.807, 2.05) is 12.3 Å². The van der Waals surface area contributed by atoms with Crippen LogP contribution in [0.5, 0.6) is 0 Å². The second-order valence-electron chi connectivity index (χ2n) is 8.60. The molecule has 0 bridgehead atoms. The lowest BCUT2D eigenvalue weighted by Crippen LogP contribution is -2.26. The molecule has 0 spiro atoms.